The molecule has 3 N–H and O–H groups in total. The number of nitrogens with one attached hydrogen (secondary N) is 1. The van der Waals surface area contributed by atoms with Crippen molar-refractivity contribution in [2.24, 2.45) is 0 Å². The van der Waals surface area contributed by atoms with Crippen LogP contribution < -0.4 is 5.32 Å². The maximum Gasteiger partial charge on any atom is 0.305 e. The molecule has 0 aliphatic heterocycles. The lowest BCUT2D eigenvalue weighted by Gasteiger charge is -2.22. The molecule has 0 aromatic rings. The van der Waals surface area contributed by atoms with E-state index in [0.717, 1.165) is 44.9 Å². The van der Waals surface area contributed by atoms with Gasteiger partial charge >= 0.3 is 5.97 Å². The molecule has 0 aliphatic rings. The molecule has 0 radical (unpaired) electrons. The number of rotatable bonds is 63. The molecule has 6 nitrogen and oxygen atoms in total. The first kappa shape index (κ1) is 71.6. The van der Waals surface area contributed by atoms with Gasteiger partial charge in [-0.25, -0.2) is 0 Å². The maximum absolute atomic E-state index is 12.5. The van der Waals surface area contributed by atoms with Gasteiger partial charge in [-0.15, -0.1) is 0 Å². The van der Waals surface area contributed by atoms with Gasteiger partial charge in [0.2, 0.25) is 5.91 Å². The Labute approximate surface area is 457 Å². The van der Waals surface area contributed by atoms with Crippen molar-refractivity contribution in [3.63, 3.8) is 0 Å². The zero-order valence-electron chi connectivity index (χ0n) is 49.6. The molecule has 2 atom stereocenters. The lowest BCUT2D eigenvalue weighted by Crippen LogP contribution is -2.45. The van der Waals surface area contributed by atoms with Crippen LogP contribution >= 0.6 is 0 Å². The van der Waals surface area contributed by atoms with Crippen LogP contribution in [0.2, 0.25) is 0 Å². The molecule has 0 heterocycles. The fourth-order valence-electron chi connectivity index (χ4n) is 10.7. The van der Waals surface area contributed by atoms with E-state index >= 15 is 0 Å². The third kappa shape index (κ3) is 59.7. The highest BCUT2D eigenvalue weighted by atomic mass is 16.5. The second kappa shape index (κ2) is 63.1. The number of carbonyl (C=O) groups excluding carboxylic acids is 2. The van der Waals surface area contributed by atoms with Crippen LogP contribution in [0, 0.1) is 0 Å². The average molecular weight is 1030 g/mol. The number of carbonyl (C=O) groups is 2. The summed E-state index contributed by atoms with van der Waals surface area (Å²) in [5, 5.41) is 23.4. The Hall–Kier alpha value is -1.40. The zero-order valence-corrected chi connectivity index (χ0v) is 49.6. The highest BCUT2D eigenvalue weighted by molar-refractivity contribution is 5.76. The van der Waals surface area contributed by atoms with E-state index in [1.165, 1.54) is 302 Å². The predicted octanol–water partition coefficient (Wildman–Crippen LogP) is 21.2. The molecule has 0 aromatic carbocycles. The van der Waals surface area contributed by atoms with E-state index < -0.39 is 12.1 Å². The first-order valence-corrected chi connectivity index (χ1v) is 33.4. The number of allylic oxidation sites excluding steroid dienone is 2. The lowest BCUT2D eigenvalue weighted by molar-refractivity contribution is -0.143. The molecular weight excluding hydrogens is 899 g/mol. The predicted molar refractivity (Wildman–Crippen MR) is 320 cm³/mol. The summed E-state index contributed by atoms with van der Waals surface area (Å²) >= 11 is 0. The molecule has 1 amide bonds. The van der Waals surface area contributed by atoms with Crippen LogP contribution in [-0.2, 0) is 14.3 Å². The molecule has 0 spiro atoms. The normalized spacial score (nSPS) is 12.5. The van der Waals surface area contributed by atoms with Crippen LogP contribution in [0.1, 0.15) is 380 Å². The van der Waals surface area contributed by atoms with Crippen molar-refractivity contribution in [1.82, 2.24) is 5.32 Å². The van der Waals surface area contributed by atoms with E-state index in [-0.39, 0.29) is 18.5 Å². The van der Waals surface area contributed by atoms with E-state index in [9.17, 15) is 19.8 Å². The summed E-state index contributed by atoms with van der Waals surface area (Å²) in [6, 6.07) is -0.539. The first-order chi connectivity index (χ1) is 36.0. The van der Waals surface area contributed by atoms with Gasteiger partial charge in [0.05, 0.1) is 25.4 Å². The van der Waals surface area contributed by atoms with Crippen molar-refractivity contribution in [2.75, 3.05) is 13.2 Å². The van der Waals surface area contributed by atoms with Crippen LogP contribution in [0.15, 0.2) is 12.2 Å². The van der Waals surface area contributed by atoms with Crippen LogP contribution in [0.25, 0.3) is 0 Å². The quantitative estimate of drug-likeness (QED) is 0.0320. The number of unbranched alkanes of at least 4 members (excludes halogenated alkanes) is 50. The molecule has 0 aliphatic carbocycles. The molecule has 0 aromatic heterocycles. The number of ether oxygens (including phenoxy) is 1. The fourth-order valence-corrected chi connectivity index (χ4v) is 10.7. The number of hydrogen-bond donors (Lipinski definition) is 3. The standard InChI is InChI=1S/C67H131NO5/c1-3-5-7-9-11-13-15-16-17-18-30-33-36-40-43-47-51-55-59-65(70)64(63-69)68-66(71)60-56-52-48-44-41-37-34-31-28-26-24-22-20-19-21-23-25-27-29-32-35-38-42-46-50-54-58-62-73-67(72)61-57-53-49-45-39-14-12-10-8-6-4-2/h10,12,64-65,69-70H,3-9,11,13-63H2,1-2H3,(H,68,71)/b12-10-. The average Bonchev–Trinajstić information content (AvgIpc) is 3.39. The van der Waals surface area contributed by atoms with Gasteiger partial charge in [-0.05, 0) is 44.9 Å². The van der Waals surface area contributed by atoms with E-state index in [0.29, 0.717) is 25.9 Å². The summed E-state index contributed by atoms with van der Waals surface area (Å²) in [5.41, 5.74) is 0. The van der Waals surface area contributed by atoms with Gasteiger partial charge in [0.1, 0.15) is 0 Å². The van der Waals surface area contributed by atoms with Crippen LogP contribution in [0.4, 0.5) is 0 Å². The summed E-state index contributed by atoms with van der Waals surface area (Å²) in [5.74, 6) is -0.0207. The van der Waals surface area contributed by atoms with E-state index in [2.05, 4.69) is 31.3 Å². The molecule has 0 rings (SSSR count). The minimum Gasteiger partial charge on any atom is -0.466 e. The Balaban J connectivity index is 3.35. The Kier molecular flexibility index (Phi) is 61.9. The second-order valence-electron chi connectivity index (χ2n) is 23.2. The number of aliphatic hydroxyl groups is 2. The number of aliphatic hydroxyl groups excluding tert-OH is 2. The number of esters is 1. The van der Waals surface area contributed by atoms with Crippen molar-refractivity contribution >= 4 is 11.9 Å². The van der Waals surface area contributed by atoms with Gasteiger partial charge in [-0.2, -0.15) is 0 Å². The van der Waals surface area contributed by atoms with E-state index in [4.69, 9.17) is 4.74 Å². The molecule has 2 unspecified atom stereocenters. The van der Waals surface area contributed by atoms with Crippen molar-refractivity contribution in [1.29, 1.82) is 0 Å². The lowest BCUT2D eigenvalue weighted by atomic mass is 10.0. The van der Waals surface area contributed by atoms with Gasteiger partial charge < -0.3 is 20.3 Å². The summed E-state index contributed by atoms with van der Waals surface area (Å²) in [6.07, 6.45) is 76.8. The summed E-state index contributed by atoms with van der Waals surface area (Å²) in [7, 11) is 0. The summed E-state index contributed by atoms with van der Waals surface area (Å²) < 4.78 is 5.47. The Morgan fingerprint density at radius 1 is 0.370 bits per heavy atom. The molecule has 0 saturated carbocycles. The molecule has 0 fully saturated rings. The fraction of sp³-hybridized carbons (Fsp3) is 0.940. The molecule has 0 bridgehead atoms. The van der Waals surface area contributed by atoms with Gasteiger partial charge in [0, 0.05) is 12.8 Å². The first-order valence-electron chi connectivity index (χ1n) is 33.4. The monoisotopic (exact) mass is 1030 g/mol. The smallest absolute Gasteiger partial charge is 0.305 e. The largest absolute Gasteiger partial charge is 0.466 e. The summed E-state index contributed by atoms with van der Waals surface area (Å²) in [6.45, 7) is 4.95. The number of amides is 1. The topological polar surface area (TPSA) is 95.9 Å². The van der Waals surface area contributed by atoms with Gasteiger partial charge in [-0.3, -0.25) is 9.59 Å². The van der Waals surface area contributed by atoms with Crippen molar-refractivity contribution < 1.29 is 24.5 Å². The molecule has 434 valence electrons. The van der Waals surface area contributed by atoms with E-state index in [1.54, 1.807) is 0 Å². The van der Waals surface area contributed by atoms with Crippen LogP contribution in [-0.4, -0.2) is 47.4 Å². The molecular formula is C67H131NO5. The molecule has 6 heteroatoms. The SMILES string of the molecule is CCCC/C=C\CCCCCCCC(=O)OCCCCCCCCCCCCCCCCCCCCCCCCCCCCCC(=O)NC(CO)C(O)CCCCCCCCCCCCCCCCCCCC. The highest BCUT2D eigenvalue weighted by Crippen LogP contribution is 2.19. The van der Waals surface area contributed by atoms with Gasteiger partial charge in [0.15, 0.2) is 0 Å². The van der Waals surface area contributed by atoms with Gasteiger partial charge in [0.25, 0.3) is 0 Å². The third-order valence-electron chi connectivity index (χ3n) is 15.8. The molecule has 0 saturated heterocycles. The maximum atomic E-state index is 12.5. The second-order valence-corrected chi connectivity index (χ2v) is 23.2. The zero-order chi connectivity index (χ0) is 52.9. The van der Waals surface area contributed by atoms with Crippen molar-refractivity contribution in [2.45, 2.75) is 392 Å². The minimum absolute atomic E-state index is 0.00768. The number of hydrogen-bond acceptors (Lipinski definition) is 5. The van der Waals surface area contributed by atoms with Crippen LogP contribution in [0.5, 0.6) is 0 Å². The van der Waals surface area contributed by atoms with Crippen molar-refractivity contribution in [3.8, 4) is 0 Å². The van der Waals surface area contributed by atoms with Crippen LogP contribution in [0.3, 0.4) is 0 Å². The molecule has 73 heavy (non-hydrogen) atoms. The Bertz CT molecular complexity index is 1100. The highest BCUT2D eigenvalue weighted by Gasteiger charge is 2.20. The Morgan fingerprint density at radius 2 is 0.658 bits per heavy atom. The Morgan fingerprint density at radius 3 is 1.01 bits per heavy atom. The third-order valence-corrected chi connectivity index (χ3v) is 15.8. The van der Waals surface area contributed by atoms with Crippen molar-refractivity contribution in [3.05, 3.63) is 12.2 Å². The van der Waals surface area contributed by atoms with Gasteiger partial charge in [-0.1, -0.05) is 334 Å². The van der Waals surface area contributed by atoms with E-state index in [1.807, 2.05) is 0 Å². The minimum atomic E-state index is -0.662. The summed E-state index contributed by atoms with van der Waals surface area (Å²) in [4.78, 5) is 24.5.